The molecule has 1 aromatic carbocycles. The lowest BCUT2D eigenvalue weighted by molar-refractivity contribution is -0.895. The minimum atomic E-state index is -0.944. The van der Waals surface area contributed by atoms with Crippen LogP contribution in [0.25, 0.3) is 0 Å². The van der Waals surface area contributed by atoms with Crippen LogP contribution in [0.2, 0.25) is 0 Å². The Balaban J connectivity index is 1.98. The Kier molecular flexibility index (Phi) is 3.35. The molecule has 0 bridgehead atoms. The van der Waals surface area contributed by atoms with Crippen LogP contribution < -0.4 is 9.57 Å². The second-order valence-corrected chi connectivity index (χ2v) is 3.51. The van der Waals surface area contributed by atoms with Crippen LogP contribution in [-0.4, -0.2) is 11.1 Å². The minimum Gasteiger partial charge on any atom is -0.478 e. The second-order valence-electron chi connectivity index (χ2n) is 3.51. The van der Waals surface area contributed by atoms with E-state index in [0.29, 0.717) is 6.61 Å². The van der Waals surface area contributed by atoms with Crippen molar-refractivity contribution < 1.29 is 19.5 Å². The Morgan fingerprint density at radius 1 is 1.12 bits per heavy atom. The summed E-state index contributed by atoms with van der Waals surface area (Å²) in [5, 5.41) is 8.73. The number of pyridine rings is 1. The normalized spacial score (nSPS) is 9.88. The summed E-state index contributed by atoms with van der Waals surface area (Å²) in [6.45, 7) is 0.442. The summed E-state index contributed by atoms with van der Waals surface area (Å²) in [6.07, 6.45) is 3.15. The lowest BCUT2D eigenvalue weighted by Gasteiger charge is -1.99. The number of hydrogen-bond acceptors (Lipinski definition) is 2. The van der Waals surface area contributed by atoms with Crippen LogP contribution >= 0.6 is 0 Å². The van der Waals surface area contributed by atoms with Crippen molar-refractivity contribution >= 4 is 5.97 Å². The molecule has 4 nitrogen and oxygen atoms in total. The van der Waals surface area contributed by atoms with Crippen molar-refractivity contribution in [1.29, 1.82) is 0 Å². The summed E-state index contributed by atoms with van der Waals surface area (Å²) in [5.41, 5.74) is 1.30. The Morgan fingerprint density at radius 3 is 2.35 bits per heavy atom. The van der Waals surface area contributed by atoms with E-state index in [4.69, 9.17) is 9.94 Å². The zero-order valence-electron chi connectivity index (χ0n) is 9.11. The fraction of sp³-hybridized carbons (Fsp3) is 0.0769. The molecule has 0 aliphatic heterocycles. The molecular formula is C13H12NO3+. The van der Waals surface area contributed by atoms with Gasteiger partial charge in [0.05, 0.1) is 5.56 Å². The van der Waals surface area contributed by atoms with E-state index in [1.165, 1.54) is 16.9 Å². The van der Waals surface area contributed by atoms with Gasteiger partial charge >= 0.3 is 5.97 Å². The summed E-state index contributed by atoms with van der Waals surface area (Å²) >= 11 is 0. The Labute approximate surface area is 98.7 Å². The number of carbonyl (C=O) groups is 1. The monoisotopic (exact) mass is 230 g/mol. The van der Waals surface area contributed by atoms with Crippen LogP contribution in [0.1, 0.15) is 15.9 Å². The van der Waals surface area contributed by atoms with E-state index in [2.05, 4.69) is 0 Å². The van der Waals surface area contributed by atoms with Gasteiger partial charge < -0.3 is 5.11 Å². The topological polar surface area (TPSA) is 50.4 Å². The molecule has 0 aliphatic rings. The third-order valence-corrected chi connectivity index (χ3v) is 2.27. The van der Waals surface area contributed by atoms with Gasteiger partial charge in [0, 0.05) is 16.9 Å². The van der Waals surface area contributed by atoms with Crippen LogP contribution in [0, 0.1) is 0 Å². The van der Waals surface area contributed by atoms with Crippen molar-refractivity contribution in [3.8, 4) is 0 Å². The van der Waals surface area contributed by atoms with Crippen molar-refractivity contribution in [2.45, 2.75) is 6.61 Å². The van der Waals surface area contributed by atoms with Crippen LogP contribution in [0.15, 0.2) is 54.9 Å². The smallest absolute Gasteiger partial charge is 0.336 e. The molecule has 0 spiro atoms. The first-order chi connectivity index (χ1) is 8.25. The lowest BCUT2D eigenvalue weighted by atomic mass is 10.2. The van der Waals surface area contributed by atoms with E-state index >= 15 is 0 Å². The number of aromatic nitrogens is 1. The van der Waals surface area contributed by atoms with Crippen LogP contribution in [0.3, 0.4) is 0 Å². The Hall–Kier alpha value is -2.36. The maximum atomic E-state index is 10.6. The van der Waals surface area contributed by atoms with E-state index < -0.39 is 5.97 Å². The number of rotatable bonds is 4. The van der Waals surface area contributed by atoms with Crippen molar-refractivity contribution in [2.24, 2.45) is 0 Å². The quantitative estimate of drug-likeness (QED) is 0.805. The van der Waals surface area contributed by atoms with Crippen LogP contribution in [-0.2, 0) is 6.61 Å². The molecule has 1 heterocycles. The zero-order chi connectivity index (χ0) is 12.1. The molecule has 17 heavy (non-hydrogen) atoms. The first-order valence-corrected chi connectivity index (χ1v) is 5.17. The van der Waals surface area contributed by atoms with Crippen LogP contribution in [0.5, 0.6) is 0 Å². The molecule has 0 amide bonds. The molecule has 0 radical (unpaired) electrons. The fourth-order valence-electron chi connectivity index (χ4n) is 1.36. The lowest BCUT2D eigenvalue weighted by Crippen LogP contribution is -2.41. The average Bonchev–Trinajstić information content (AvgIpc) is 2.38. The van der Waals surface area contributed by atoms with E-state index in [-0.39, 0.29) is 5.56 Å². The van der Waals surface area contributed by atoms with E-state index in [9.17, 15) is 4.79 Å². The van der Waals surface area contributed by atoms with E-state index in [0.717, 1.165) is 5.56 Å². The van der Waals surface area contributed by atoms with Gasteiger partial charge in [0.1, 0.15) is 0 Å². The van der Waals surface area contributed by atoms with Gasteiger partial charge in [0.25, 0.3) is 0 Å². The van der Waals surface area contributed by atoms with Crippen molar-refractivity contribution in [2.75, 3.05) is 0 Å². The van der Waals surface area contributed by atoms with Crippen molar-refractivity contribution in [3.05, 3.63) is 66.0 Å². The van der Waals surface area contributed by atoms with Gasteiger partial charge in [-0.05, 0) is 5.56 Å². The van der Waals surface area contributed by atoms with E-state index in [1.807, 2.05) is 30.3 Å². The summed E-state index contributed by atoms with van der Waals surface area (Å²) in [5.74, 6) is -0.944. The third kappa shape index (κ3) is 3.04. The van der Waals surface area contributed by atoms with Crippen molar-refractivity contribution in [1.82, 2.24) is 0 Å². The molecule has 2 rings (SSSR count). The highest BCUT2D eigenvalue weighted by atomic mass is 16.7. The number of carboxylic acids is 1. The predicted molar refractivity (Wildman–Crippen MR) is 60.3 cm³/mol. The number of aromatic carboxylic acids is 1. The van der Waals surface area contributed by atoms with Gasteiger partial charge in [-0.2, -0.15) is 0 Å². The average molecular weight is 230 g/mol. The van der Waals surface area contributed by atoms with Gasteiger partial charge in [0.15, 0.2) is 6.61 Å². The largest absolute Gasteiger partial charge is 0.478 e. The number of nitrogens with zero attached hydrogens (tertiary/aromatic N) is 1. The maximum absolute atomic E-state index is 10.6. The summed E-state index contributed by atoms with van der Waals surface area (Å²) in [4.78, 5) is 16.1. The highest BCUT2D eigenvalue weighted by Crippen LogP contribution is 1.98. The van der Waals surface area contributed by atoms with Gasteiger partial charge in [-0.25, -0.2) is 4.79 Å². The summed E-state index contributed by atoms with van der Waals surface area (Å²) in [7, 11) is 0. The molecule has 0 unspecified atom stereocenters. The number of hydrogen-bond donors (Lipinski definition) is 1. The number of benzene rings is 1. The molecule has 0 aliphatic carbocycles. The molecule has 0 fully saturated rings. The Bertz CT molecular complexity index is 494. The highest BCUT2D eigenvalue weighted by molar-refractivity contribution is 5.87. The second kappa shape index (κ2) is 5.12. The first-order valence-electron chi connectivity index (χ1n) is 5.17. The maximum Gasteiger partial charge on any atom is 0.336 e. The fourth-order valence-corrected chi connectivity index (χ4v) is 1.36. The molecule has 0 saturated carbocycles. The molecule has 4 heteroatoms. The molecule has 0 saturated heterocycles. The number of carboxylic acid groups (broad SMARTS) is 1. The molecule has 86 valence electrons. The Morgan fingerprint density at radius 2 is 1.76 bits per heavy atom. The molecule has 0 atom stereocenters. The summed E-state index contributed by atoms with van der Waals surface area (Å²) < 4.78 is 1.49. The molecule has 2 aromatic rings. The van der Waals surface area contributed by atoms with E-state index in [1.54, 1.807) is 12.4 Å². The zero-order valence-corrected chi connectivity index (χ0v) is 9.11. The van der Waals surface area contributed by atoms with Gasteiger partial charge in [-0.1, -0.05) is 30.3 Å². The van der Waals surface area contributed by atoms with Gasteiger partial charge in [-0.15, -0.1) is 0 Å². The minimum absolute atomic E-state index is 0.240. The van der Waals surface area contributed by atoms with Gasteiger partial charge in [-0.3, -0.25) is 4.84 Å². The molecule has 1 N–H and O–H groups in total. The molecule has 1 aromatic heterocycles. The highest BCUT2D eigenvalue weighted by Gasteiger charge is 2.07. The van der Waals surface area contributed by atoms with Crippen molar-refractivity contribution in [3.63, 3.8) is 0 Å². The predicted octanol–water partition coefficient (Wildman–Crippen LogP) is 1.30. The van der Waals surface area contributed by atoms with Crippen LogP contribution in [0.4, 0.5) is 0 Å². The SMILES string of the molecule is O=C(O)c1cc[n+](OCc2ccccc2)cc1. The first kappa shape index (κ1) is 11.1. The third-order valence-electron chi connectivity index (χ3n) is 2.27. The molecular weight excluding hydrogens is 218 g/mol. The standard InChI is InChI=1S/C13H11NO3/c15-13(16)12-6-8-14(9-7-12)17-10-11-4-2-1-3-5-11/h1-9H,10H2/p+1. The van der Waals surface area contributed by atoms with Gasteiger partial charge in [0.2, 0.25) is 12.4 Å². The summed E-state index contributed by atoms with van der Waals surface area (Å²) in [6, 6.07) is 12.7.